The van der Waals surface area contributed by atoms with Crippen molar-refractivity contribution >= 4 is 47.8 Å². The van der Waals surface area contributed by atoms with Crippen molar-refractivity contribution in [2.45, 2.75) is 23.5 Å². The molecular weight excluding hydrogens is 360 g/mol. The number of alkyl halides is 2. The van der Waals surface area contributed by atoms with Gasteiger partial charge in [-0.05, 0) is 37.1 Å². The van der Waals surface area contributed by atoms with Crippen LogP contribution in [-0.2, 0) is 0 Å². The zero-order valence-corrected chi connectivity index (χ0v) is 12.3. The molecule has 0 aliphatic heterocycles. The van der Waals surface area contributed by atoms with Crippen LogP contribution in [0.5, 0.6) is 0 Å². The molecule has 2 atom stereocenters. The molecule has 0 amide bonds. The van der Waals surface area contributed by atoms with Gasteiger partial charge in [0.25, 0.3) is 0 Å². The van der Waals surface area contributed by atoms with Crippen molar-refractivity contribution < 1.29 is 0 Å². The van der Waals surface area contributed by atoms with Gasteiger partial charge in [0.2, 0.25) is 0 Å². The van der Waals surface area contributed by atoms with Crippen LogP contribution in [0.25, 0.3) is 0 Å². The SMILES string of the molecule is CC(Br)c1cc(Br)cc(C(C)Br)c1. The molecule has 0 aliphatic carbocycles. The maximum Gasteiger partial charge on any atom is 0.0367 e. The van der Waals surface area contributed by atoms with Gasteiger partial charge in [0.1, 0.15) is 0 Å². The fraction of sp³-hybridized carbons (Fsp3) is 0.400. The summed E-state index contributed by atoms with van der Waals surface area (Å²) < 4.78 is 1.14. The van der Waals surface area contributed by atoms with Crippen LogP contribution in [0, 0.1) is 0 Å². The molecule has 1 aromatic carbocycles. The van der Waals surface area contributed by atoms with E-state index in [-0.39, 0.29) is 0 Å². The van der Waals surface area contributed by atoms with E-state index in [4.69, 9.17) is 0 Å². The van der Waals surface area contributed by atoms with E-state index < -0.39 is 0 Å². The maximum atomic E-state index is 3.56. The van der Waals surface area contributed by atoms with Gasteiger partial charge in [-0.15, -0.1) is 0 Å². The Morgan fingerprint density at radius 1 is 0.923 bits per heavy atom. The second kappa shape index (κ2) is 4.94. The molecule has 0 fully saturated rings. The summed E-state index contributed by atoms with van der Waals surface area (Å²) in [7, 11) is 0. The van der Waals surface area contributed by atoms with Gasteiger partial charge in [-0.1, -0.05) is 53.9 Å². The molecule has 0 aliphatic rings. The Kier molecular flexibility index (Phi) is 4.46. The predicted octanol–water partition coefficient (Wildman–Crippen LogP) is 5.36. The fourth-order valence-corrected chi connectivity index (χ4v) is 2.15. The molecule has 1 aromatic rings. The van der Waals surface area contributed by atoms with Crippen LogP contribution in [0.4, 0.5) is 0 Å². The van der Waals surface area contributed by atoms with Gasteiger partial charge in [0.15, 0.2) is 0 Å². The normalized spacial score (nSPS) is 15.5. The summed E-state index contributed by atoms with van der Waals surface area (Å²) >= 11 is 10.6. The Morgan fingerprint density at radius 3 is 1.62 bits per heavy atom. The van der Waals surface area contributed by atoms with Gasteiger partial charge in [-0.2, -0.15) is 0 Å². The molecule has 0 saturated carbocycles. The van der Waals surface area contributed by atoms with Gasteiger partial charge in [0.05, 0.1) is 0 Å². The third-order valence-corrected chi connectivity index (χ3v) is 3.38. The number of hydrogen-bond donors (Lipinski definition) is 0. The minimum Gasteiger partial charge on any atom is -0.0842 e. The van der Waals surface area contributed by atoms with E-state index in [9.17, 15) is 0 Å². The Hall–Kier alpha value is 0.660. The molecule has 0 nitrogen and oxygen atoms in total. The van der Waals surface area contributed by atoms with Crippen molar-refractivity contribution in [2.75, 3.05) is 0 Å². The molecule has 3 heteroatoms. The van der Waals surface area contributed by atoms with Crippen LogP contribution in [0.3, 0.4) is 0 Å². The first-order chi connectivity index (χ1) is 6.00. The Bertz CT molecular complexity index is 266. The van der Waals surface area contributed by atoms with Gasteiger partial charge >= 0.3 is 0 Å². The Morgan fingerprint density at radius 2 is 1.31 bits per heavy atom. The maximum absolute atomic E-state index is 3.56. The lowest BCUT2D eigenvalue weighted by molar-refractivity contribution is 1.07. The first-order valence-electron chi connectivity index (χ1n) is 4.09. The topological polar surface area (TPSA) is 0 Å². The van der Waals surface area contributed by atoms with Gasteiger partial charge < -0.3 is 0 Å². The van der Waals surface area contributed by atoms with Crippen LogP contribution in [-0.4, -0.2) is 0 Å². The summed E-state index contributed by atoms with van der Waals surface area (Å²) in [5.41, 5.74) is 2.60. The Labute approximate surface area is 104 Å². The number of benzene rings is 1. The third kappa shape index (κ3) is 3.37. The van der Waals surface area contributed by atoms with E-state index >= 15 is 0 Å². The summed E-state index contributed by atoms with van der Waals surface area (Å²) in [4.78, 5) is 0.796. The van der Waals surface area contributed by atoms with Crippen molar-refractivity contribution in [1.82, 2.24) is 0 Å². The van der Waals surface area contributed by atoms with Crippen molar-refractivity contribution in [3.63, 3.8) is 0 Å². The van der Waals surface area contributed by atoms with Crippen molar-refractivity contribution in [3.05, 3.63) is 33.8 Å². The molecule has 0 aromatic heterocycles. The Balaban J connectivity index is 3.11. The molecule has 0 N–H and O–H groups in total. The van der Waals surface area contributed by atoms with E-state index in [0.717, 1.165) is 4.47 Å². The summed E-state index contributed by atoms with van der Waals surface area (Å²) in [5, 5.41) is 0. The average molecular weight is 371 g/mol. The summed E-state index contributed by atoms with van der Waals surface area (Å²) in [6, 6.07) is 6.49. The van der Waals surface area contributed by atoms with Crippen LogP contribution in [0.1, 0.15) is 34.6 Å². The fourth-order valence-electron chi connectivity index (χ4n) is 1.10. The quantitative estimate of drug-likeness (QED) is 0.615. The third-order valence-electron chi connectivity index (χ3n) is 1.86. The molecule has 2 unspecified atom stereocenters. The van der Waals surface area contributed by atoms with Crippen molar-refractivity contribution in [1.29, 1.82) is 0 Å². The van der Waals surface area contributed by atoms with Crippen LogP contribution in [0.15, 0.2) is 22.7 Å². The van der Waals surface area contributed by atoms with Crippen LogP contribution >= 0.6 is 47.8 Å². The molecule has 0 spiro atoms. The van der Waals surface area contributed by atoms with Gasteiger partial charge in [0, 0.05) is 14.1 Å². The molecule has 1 rings (SSSR count). The molecular formula is C10H11Br3. The number of hydrogen-bond acceptors (Lipinski definition) is 0. The molecule has 0 bridgehead atoms. The second-order valence-electron chi connectivity index (χ2n) is 3.05. The van der Waals surface area contributed by atoms with E-state index in [1.54, 1.807) is 0 Å². The lowest BCUT2D eigenvalue weighted by Crippen LogP contribution is -1.89. The molecule has 0 heterocycles. The van der Waals surface area contributed by atoms with E-state index in [1.165, 1.54) is 11.1 Å². The van der Waals surface area contributed by atoms with Crippen LogP contribution in [0.2, 0.25) is 0 Å². The summed E-state index contributed by atoms with van der Waals surface area (Å²) in [5.74, 6) is 0. The van der Waals surface area contributed by atoms with E-state index in [2.05, 4.69) is 79.8 Å². The highest BCUT2D eigenvalue weighted by Gasteiger charge is 2.07. The first-order valence-corrected chi connectivity index (χ1v) is 6.71. The monoisotopic (exact) mass is 368 g/mol. The van der Waals surface area contributed by atoms with E-state index in [1.807, 2.05) is 0 Å². The highest BCUT2D eigenvalue weighted by atomic mass is 79.9. The average Bonchev–Trinajstić information content (AvgIpc) is 2.03. The minimum absolute atomic E-state index is 0.398. The van der Waals surface area contributed by atoms with Gasteiger partial charge in [-0.25, -0.2) is 0 Å². The highest BCUT2D eigenvalue weighted by Crippen LogP contribution is 2.31. The number of halogens is 3. The lowest BCUT2D eigenvalue weighted by atomic mass is 10.1. The predicted molar refractivity (Wildman–Crippen MR) is 68.8 cm³/mol. The molecule has 13 heavy (non-hydrogen) atoms. The summed E-state index contributed by atoms with van der Waals surface area (Å²) in [6.45, 7) is 4.26. The zero-order chi connectivity index (χ0) is 10.0. The van der Waals surface area contributed by atoms with Crippen molar-refractivity contribution in [3.8, 4) is 0 Å². The van der Waals surface area contributed by atoms with Crippen LogP contribution < -0.4 is 0 Å². The minimum atomic E-state index is 0.398. The van der Waals surface area contributed by atoms with Crippen molar-refractivity contribution in [2.24, 2.45) is 0 Å². The lowest BCUT2D eigenvalue weighted by Gasteiger charge is -2.10. The van der Waals surface area contributed by atoms with E-state index in [0.29, 0.717) is 9.65 Å². The molecule has 72 valence electrons. The molecule has 0 radical (unpaired) electrons. The molecule has 0 saturated heterocycles. The smallest absolute Gasteiger partial charge is 0.0367 e. The largest absolute Gasteiger partial charge is 0.0842 e. The standard InChI is InChI=1S/C10H11Br3/c1-6(11)8-3-9(7(2)12)5-10(13)4-8/h3-7H,1-2H3. The zero-order valence-electron chi connectivity index (χ0n) is 7.52. The first kappa shape index (κ1) is 11.7. The van der Waals surface area contributed by atoms with Gasteiger partial charge in [-0.3, -0.25) is 0 Å². The highest BCUT2D eigenvalue weighted by molar-refractivity contribution is 9.10. The second-order valence-corrected chi connectivity index (χ2v) is 6.71. The number of rotatable bonds is 2. The summed E-state index contributed by atoms with van der Waals surface area (Å²) in [6.07, 6.45) is 0.